The second-order valence-corrected chi connectivity index (χ2v) is 13.2. The summed E-state index contributed by atoms with van der Waals surface area (Å²) in [5.41, 5.74) is 0. The highest BCUT2D eigenvalue weighted by Gasteiger charge is 2.24. The number of ether oxygens (including phenoxy) is 2. The SMILES string of the molecule is CC/C=C\C/C=C\C/C=C\C/C=C\C/C=C\CCCC(=O)OC(COC(=O)CCCCCCCCCCCCC)COP(=O)(O)OC. The second-order valence-electron chi connectivity index (χ2n) is 11.6. The normalized spacial score (nSPS) is 14.2. The first-order valence-corrected chi connectivity index (χ1v) is 19.5. The van der Waals surface area contributed by atoms with Gasteiger partial charge in [-0.15, -0.1) is 0 Å². The summed E-state index contributed by atoms with van der Waals surface area (Å²) in [6, 6.07) is 0. The van der Waals surface area contributed by atoms with Gasteiger partial charge in [-0.2, -0.15) is 0 Å². The Kier molecular flexibility index (Phi) is 32.0. The molecule has 0 radical (unpaired) electrons. The summed E-state index contributed by atoms with van der Waals surface area (Å²) in [5.74, 6) is -0.878. The quantitative estimate of drug-likeness (QED) is 0.0324. The average Bonchev–Trinajstić information content (AvgIpc) is 3.06. The van der Waals surface area contributed by atoms with Crippen LogP contribution < -0.4 is 0 Å². The Hall–Kier alpha value is -2.25. The fourth-order valence-electron chi connectivity index (χ4n) is 4.52. The van der Waals surface area contributed by atoms with E-state index in [4.69, 9.17) is 14.0 Å². The highest BCUT2D eigenvalue weighted by atomic mass is 31.2. The van der Waals surface area contributed by atoms with Crippen LogP contribution in [0.25, 0.3) is 0 Å². The Morgan fingerprint density at radius 1 is 0.617 bits per heavy atom. The van der Waals surface area contributed by atoms with Gasteiger partial charge in [-0.25, -0.2) is 4.57 Å². The van der Waals surface area contributed by atoms with Gasteiger partial charge in [0.25, 0.3) is 0 Å². The lowest BCUT2D eigenvalue weighted by Gasteiger charge is -2.19. The smallest absolute Gasteiger partial charge is 0.462 e. The van der Waals surface area contributed by atoms with Crippen LogP contribution in [-0.4, -0.2) is 43.3 Å². The molecule has 2 atom stereocenters. The van der Waals surface area contributed by atoms with Crippen LogP contribution in [0.1, 0.15) is 142 Å². The number of esters is 2. The first kappa shape index (κ1) is 44.8. The summed E-state index contributed by atoms with van der Waals surface area (Å²) in [7, 11) is -3.22. The van der Waals surface area contributed by atoms with E-state index in [-0.39, 0.29) is 25.4 Å². The van der Waals surface area contributed by atoms with E-state index in [9.17, 15) is 19.0 Å². The van der Waals surface area contributed by atoms with Crippen molar-refractivity contribution in [1.82, 2.24) is 0 Å². The predicted molar refractivity (Wildman–Crippen MR) is 193 cm³/mol. The van der Waals surface area contributed by atoms with Crippen LogP contribution in [0.2, 0.25) is 0 Å². The molecule has 0 bridgehead atoms. The van der Waals surface area contributed by atoms with Gasteiger partial charge < -0.3 is 14.4 Å². The lowest BCUT2D eigenvalue weighted by Crippen LogP contribution is -2.29. The van der Waals surface area contributed by atoms with Gasteiger partial charge in [0.05, 0.1) is 6.61 Å². The minimum atomic E-state index is -4.27. The maximum absolute atomic E-state index is 12.4. The molecule has 0 aliphatic rings. The van der Waals surface area contributed by atoms with Crippen molar-refractivity contribution >= 4 is 19.8 Å². The third kappa shape index (κ3) is 33.4. The summed E-state index contributed by atoms with van der Waals surface area (Å²) in [6.07, 6.45) is 39.9. The van der Waals surface area contributed by atoms with E-state index in [0.717, 1.165) is 58.5 Å². The number of unbranched alkanes of at least 4 members (excludes halogenated alkanes) is 11. The standard InChI is InChI=1S/C38H65O8P/c1-4-6-8-10-12-14-16-17-18-19-20-21-23-25-27-29-31-33-38(40)46-36(35-45-47(41,42)43-3)34-44-37(39)32-30-28-26-24-22-15-13-11-9-7-5-2/h6,8,12,14,17-18,20-21,25,27,36H,4-5,7,9-11,13,15-16,19,22-24,26,28-35H2,1-3H3,(H,41,42)/b8-6-,14-12-,18-17-,21-20-,27-25-. The molecule has 0 saturated heterocycles. The number of rotatable bonds is 32. The predicted octanol–water partition coefficient (Wildman–Crippen LogP) is 10.8. The molecule has 0 saturated carbocycles. The van der Waals surface area contributed by atoms with Gasteiger partial charge in [0, 0.05) is 20.0 Å². The third-order valence-electron chi connectivity index (χ3n) is 7.28. The molecule has 270 valence electrons. The van der Waals surface area contributed by atoms with E-state index in [1.54, 1.807) is 0 Å². The highest BCUT2D eigenvalue weighted by Crippen LogP contribution is 2.42. The van der Waals surface area contributed by atoms with Crippen LogP contribution in [0, 0.1) is 0 Å². The number of hydrogen-bond acceptors (Lipinski definition) is 7. The topological polar surface area (TPSA) is 108 Å². The molecule has 0 heterocycles. The van der Waals surface area contributed by atoms with Crippen molar-refractivity contribution in [2.75, 3.05) is 20.3 Å². The molecule has 0 aromatic rings. The van der Waals surface area contributed by atoms with Crippen LogP contribution in [0.4, 0.5) is 0 Å². The number of allylic oxidation sites excluding steroid dienone is 10. The zero-order valence-electron chi connectivity index (χ0n) is 29.7. The van der Waals surface area contributed by atoms with E-state index < -0.39 is 26.5 Å². The van der Waals surface area contributed by atoms with Crippen molar-refractivity contribution in [3.8, 4) is 0 Å². The summed E-state index contributed by atoms with van der Waals surface area (Å²) < 4.78 is 31.7. The minimum absolute atomic E-state index is 0.165. The molecular weight excluding hydrogens is 615 g/mol. The largest absolute Gasteiger partial charge is 0.472 e. The first-order valence-electron chi connectivity index (χ1n) is 18.0. The van der Waals surface area contributed by atoms with E-state index >= 15 is 0 Å². The van der Waals surface area contributed by atoms with Crippen molar-refractivity contribution in [2.45, 2.75) is 148 Å². The van der Waals surface area contributed by atoms with Gasteiger partial charge in [-0.3, -0.25) is 18.6 Å². The fourth-order valence-corrected chi connectivity index (χ4v) is 4.98. The van der Waals surface area contributed by atoms with Gasteiger partial charge >= 0.3 is 19.8 Å². The van der Waals surface area contributed by atoms with Gasteiger partial charge in [0.15, 0.2) is 6.10 Å². The van der Waals surface area contributed by atoms with Gasteiger partial charge in [-0.1, -0.05) is 139 Å². The molecular formula is C38H65O8P. The monoisotopic (exact) mass is 680 g/mol. The molecule has 0 spiro atoms. The zero-order valence-corrected chi connectivity index (χ0v) is 30.6. The van der Waals surface area contributed by atoms with Gasteiger partial charge in [0.1, 0.15) is 6.61 Å². The Balaban J connectivity index is 4.21. The lowest BCUT2D eigenvalue weighted by molar-refractivity contribution is -0.161. The molecule has 0 aliphatic heterocycles. The Bertz CT molecular complexity index is 953. The van der Waals surface area contributed by atoms with Crippen molar-refractivity contribution in [3.05, 3.63) is 60.8 Å². The van der Waals surface area contributed by atoms with E-state index in [1.807, 2.05) is 6.08 Å². The Morgan fingerprint density at radius 3 is 1.60 bits per heavy atom. The maximum Gasteiger partial charge on any atom is 0.472 e. The summed E-state index contributed by atoms with van der Waals surface area (Å²) in [6.45, 7) is 3.69. The third-order valence-corrected chi connectivity index (χ3v) is 8.21. The minimum Gasteiger partial charge on any atom is -0.462 e. The van der Waals surface area contributed by atoms with Crippen LogP contribution in [0.5, 0.6) is 0 Å². The van der Waals surface area contributed by atoms with E-state index in [2.05, 4.69) is 73.1 Å². The second kappa shape index (κ2) is 33.6. The van der Waals surface area contributed by atoms with Crippen molar-refractivity contribution in [1.29, 1.82) is 0 Å². The molecule has 0 aliphatic carbocycles. The molecule has 0 fully saturated rings. The summed E-state index contributed by atoms with van der Waals surface area (Å²) in [5, 5.41) is 0. The van der Waals surface area contributed by atoms with Gasteiger partial charge in [0.2, 0.25) is 0 Å². The molecule has 8 nitrogen and oxygen atoms in total. The van der Waals surface area contributed by atoms with E-state index in [0.29, 0.717) is 12.8 Å². The number of carbonyl (C=O) groups is 2. The van der Waals surface area contributed by atoms with Crippen LogP contribution in [0.15, 0.2) is 60.8 Å². The average molecular weight is 681 g/mol. The zero-order chi connectivity index (χ0) is 34.7. The Morgan fingerprint density at radius 2 is 1.09 bits per heavy atom. The van der Waals surface area contributed by atoms with Crippen molar-refractivity contribution in [2.24, 2.45) is 0 Å². The highest BCUT2D eigenvalue weighted by molar-refractivity contribution is 7.47. The lowest BCUT2D eigenvalue weighted by atomic mass is 10.1. The molecule has 47 heavy (non-hydrogen) atoms. The number of phosphoric acid groups is 1. The first-order chi connectivity index (χ1) is 22.8. The molecule has 0 aromatic heterocycles. The molecule has 0 aromatic carbocycles. The van der Waals surface area contributed by atoms with Crippen LogP contribution in [-0.2, 0) is 32.7 Å². The van der Waals surface area contributed by atoms with Crippen LogP contribution >= 0.6 is 7.82 Å². The molecule has 0 rings (SSSR count). The maximum atomic E-state index is 12.4. The van der Waals surface area contributed by atoms with Gasteiger partial charge in [-0.05, 0) is 51.4 Å². The van der Waals surface area contributed by atoms with Crippen LogP contribution in [0.3, 0.4) is 0 Å². The molecule has 0 amide bonds. The molecule has 1 N–H and O–H groups in total. The number of hydrogen-bond donors (Lipinski definition) is 1. The molecule has 9 heteroatoms. The van der Waals surface area contributed by atoms with Crippen molar-refractivity contribution in [3.63, 3.8) is 0 Å². The number of carbonyl (C=O) groups excluding carboxylic acids is 2. The van der Waals surface area contributed by atoms with Crippen molar-refractivity contribution < 1.29 is 37.6 Å². The summed E-state index contributed by atoms with van der Waals surface area (Å²) >= 11 is 0. The number of phosphoric ester groups is 1. The van der Waals surface area contributed by atoms with E-state index in [1.165, 1.54) is 51.4 Å². The molecule has 2 unspecified atom stereocenters. The summed E-state index contributed by atoms with van der Waals surface area (Å²) in [4.78, 5) is 34.2. The Labute approximate surface area is 286 Å². The fraction of sp³-hybridized carbons (Fsp3) is 0.684.